The van der Waals surface area contributed by atoms with Gasteiger partial charge in [-0.1, -0.05) is 70.0 Å². The summed E-state index contributed by atoms with van der Waals surface area (Å²) in [6.45, 7) is 18.4. The minimum absolute atomic E-state index is 0.0989. The van der Waals surface area contributed by atoms with Crippen molar-refractivity contribution >= 4 is 35.0 Å². The topological polar surface area (TPSA) is 90.4 Å². The Hall–Kier alpha value is -2.68. The molecule has 0 saturated carbocycles. The zero-order chi connectivity index (χ0) is 31.7. The molecule has 3 fully saturated rings. The number of ether oxygens (including phenoxy) is 1. The molecular weight excluding hydrogens is 566 g/mol. The smallest absolute Gasteiger partial charge is 0.253 e. The van der Waals surface area contributed by atoms with E-state index in [1.165, 1.54) is 0 Å². The Morgan fingerprint density at radius 2 is 1.88 bits per heavy atom. The molecule has 43 heavy (non-hydrogen) atoms. The molecule has 1 aromatic carbocycles. The zero-order valence-corrected chi connectivity index (χ0v) is 27.1. The third kappa shape index (κ3) is 5.23. The van der Waals surface area contributed by atoms with E-state index in [1.54, 1.807) is 32.9 Å². The minimum atomic E-state index is -1.22. The fourth-order valence-corrected chi connectivity index (χ4v) is 8.25. The summed E-state index contributed by atoms with van der Waals surface area (Å²) in [6.07, 6.45) is 6.37. The molecule has 9 heteroatoms. The number of rotatable bonds is 14. The minimum Gasteiger partial charge on any atom is -0.394 e. The lowest BCUT2D eigenvalue weighted by molar-refractivity contribution is -0.154. The van der Waals surface area contributed by atoms with E-state index in [4.69, 9.17) is 16.3 Å². The van der Waals surface area contributed by atoms with Crippen LogP contribution in [0.2, 0.25) is 5.02 Å². The highest BCUT2D eigenvalue weighted by molar-refractivity contribution is 6.34. The number of nitrogens with zero attached hydrogens (tertiary/aromatic N) is 3. The number of likely N-dealkylation sites (tertiary alicyclic amines) is 1. The van der Waals surface area contributed by atoms with Crippen molar-refractivity contribution in [1.82, 2.24) is 9.80 Å². The molecule has 3 aliphatic rings. The third-order valence-electron chi connectivity index (χ3n) is 10.2. The molecule has 1 N–H and O–H groups in total. The number of benzene rings is 1. The van der Waals surface area contributed by atoms with Gasteiger partial charge in [-0.2, -0.15) is 0 Å². The van der Waals surface area contributed by atoms with Crippen LogP contribution in [-0.4, -0.2) is 82.2 Å². The Kier molecular flexibility index (Phi) is 10.1. The number of fused-ring (bicyclic) bond motifs is 1. The largest absolute Gasteiger partial charge is 0.394 e. The standard InChI is InChI=1S/C34H48ClN3O5/c1-8-18-36(19-9-2)30(40)26-27-31(41)38(25(21-39)22(6)11-4)29(34(27)17-16-33(26,12-5)43-34)32(42)37(20-10-3)28-23(7)14-13-15-24(28)35/h8,10,13-15,22,25-27,29,39H,1,3,9,11-12,16-21H2,2,4-7H3/t22-,25-,26+,27-,29?,33-,34?/m0/s1. The van der Waals surface area contributed by atoms with Gasteiger partial charge in [0.25, 0.3) is 5.91 Å². The van der Waals surface area contributed by atoms with E-state index in [-0.39, 0.29) is 36.8 Å². The van der Waals surface area contributed by atoms with Gasteiger partial charge >= 0.3 is 0 Å². The summed E-state index contributed by atoms with van der Waals surface area (Å²) >= 11 is 6.69. The second-order valence-corrected chi connectivity index (χ2v) is 12.8. The predicted molar refractivity (Wildman–Crippen MR) is 170 cm³/mol. The maximum Gasteiger partial charge on any atom is 0.253 e. The molecule has 236 valence electrons. The van der Waals surface area contributed by atoms with E-state index < -0.39 is 35.1 Å². The third-order valence-corrected chi connectivity index (χ3v) is 10.5. The number of anilines is 1. The predicted octanol–water partition coefficient (Wildman–Crippen LogP) is 5.15. The lowest BCUT2D eigenvalue weighted by Gasteiger charge is -2.41. The molecule has 4 rings (SSSR count). The average Bonchev–Trinajstić information content (AvgIpc) is 3.60. The molecule has 1 aromatic rings. The highest BCUT2D eigenvalue weighted by atomic mass is 35.5. The summed E-state index contributed by atoms with van der Waals surface area (Å²) in [5.41, 5.74) is -0.714. The van der Waals surface area contributed by atoms with Gasteiger partial charge in [0.15, 0.2) is 0 Å². The summed E-state index contributed by atoms with van der Waals surface area (Å²) in [4.78, 5) is 49.1. The molecule has 0 aromatic heterocycles. The average molecular weight is 614 g/mol. The fourth-order valence-electron chi connectivity index (χ4n) is 7.93. The van der Waals surface area contributed by atoms with Crippen molar-refractivity contribution in [3.8, 4) is 0 Å². The van der Waals surface area contributed by atoms with Crippen LogP contribution >= 0.6 is 11.6 Å². The summed E-state index contributed by atoms with van der Waals surface area (Å²) < 4.78 is 7.00. The molecule has 3 saturated heterocycles. The lowest BCUT2D eigenvalue weighted by Crippen LogP contribution is -2.60. The van der Waals surface area contributed by atoms with Gasteiger partial charge in [0.05, 0.1) is 40.8 Å². The van der Waals surface area contributed by atoms with Crippen molar-refractivity contribution in [1.29, 1.82) is 0 Å². The zero-order valence-electron chi connectivity index (χ0n) is 26.4. The summed E-state index contributed by atoms with van der Waals surface area (Å²) in [5, 5.41) is 11.1. The number of hydrogen-bond donors (Lipinski definition) is 1. The van der Waals surface area contributed by atoms with Gasteiger partial charge in [0, 0.05) is 19.6 Å². The van der Waals surface area contributed by atoms with Gasteiger partial charge in [0.2, 0.25) is 11.8 Å². The van der Waals surface area contributed by atoms with E-state index >= 15 is 4.79 Å². The fraction of sp³-hybridized carbons (Fsp3) is 0.618. The molecule has 2 bridgehead atoms. The second kappa shape index (κ2) is 13.1. The van der Waals surface area contributed by atoms with E-state index in [0.29, 0.717) is 49.5 Å². The molecule has 3 amide bonds. The van der Waals surface area contributed by atoms with Gasteiger partial charge in [-0.05, 0) is 50.2 Å². The Morgan fingerprint density at radius 1 is 1.19 bits per heavy atom. The van der Waals surface area contributed by atoms with Crippen LogP contribution in [0.15, 0.2) is 43.5 Å². The van der Waals surface area contributed by atoms with Crippen LogP contribution in [0.4, 0.5) is 5.69 Å². The molecule has 3 aliphatic heterocycles. The highest BCUT2D eigenvalue weighted by Gasteiger charge is 2.79. The molecule has 2 unspecified atom stereocenters. The first kappa shape index (κ1) is 33.2. The second-order valence-electron chi connectivity index (χ2n) is 12.4. The summed E-state index contributed by atoms with van der Waals surface area (Å²) in [5.74, 6) is -2.45. The van der Waals surface area contributed by atoms with Crippen LogP contribution in [0, 0.1) is 24.7 Å². The molecular formula is C34H48ClN3O5. The Morgan fingerprint density at radius 3 is 2.44 bits per heavy atom. The summed E-state index contributed by atoms with van der Waals surface area (Å²) in [7, 11) is 0. The van der Waals surface area contributed by atoms with Crippen molar-refractivity contribution in [3.63, 3.8) is 0 Å². The van der Waals surface area contributed by atoms with Gasteiger partial charge in [0.1, 0.15) is 11.6 Å². The number of para-hydroxylation sites is 1. The van der Waals surface area contributed by atoms with E-state index in [9.17, 15) is 14.7 Å². The first-order valence-electron chi connectivity index (χ1n) is 15.7. The number of aliphatic hydroxyl groups excluding tert-OH is 1. The van der Waals surface area contributed by atoms with Crippen molar-refractivity contribution in [2.45, 2.75) is 90.0 Å². The quantitative estimate of drug-likeness (QED) is 0.293. The van der Waals surface area contributed by atoms with Gasteiger partial charge in [-0.15, -0.1) is 13.2 Å². The van der Waals surface area contributed by atoms with Crippen molar-refractivity contribution in [2.24, 2.45) is 17.8 Å². The number of carbonyl (C=O) groups excluding carboxylic acids is 3. The normalized spacial score (nSPS) is 28.9. The number of aliphatic hydroxyl groups is 1. The van der Waals surface area contributed by atoms with Crippen LogP contribution < -0.4 is 4.90 Å². The van der Waals surface area contributed by atoms with Gasteiger partial charge in [-0.25, -0.2) is 0 Å². The SMILES string of the molecule is C=CCN(CCC)C(=O)[C@H]1[C@H]2C(=O)N([C@@H](CO)[C@@H](C)CC)C(C(=O)N(CC=C)c3c(C)cccc3Cl)C23CC[C@]1(CC)O3. The lowest BCUT2D eigenvalue weighted by atomic mass is 9.64. The number of carbonyl (C=O) groups is 3. The van der Waals surface area contributed by atoms with Crippen LogP contribution in [0.5, 0.6) is 0 Å². The molecule has 7 atom stereocenters. The maximum atomic E-state index is 15.0. The molecule has 0 radical (unpaired) electrons. The molecule has 0 aliphatic carbocycles. The van der Waals surface area contributed by atoms with E-state index in [2.05, 4.69) is 13.2 Å². The maximum absolute atomic E-state index is 15.0. The van der Waals surface area contributed by atoms with Crippen molar-refractivity contribution in [2.75, 3.05) is 31.1 Å². The molecule has 1 spiro atoms. The van der Waals surface area contributed by atoms with Crippen molar-refractivity contribution < 1.29 is 24.2 Å². The Labute approximate surface area is 261 Å². The number of hydrogen-bond acceptors (Lipinski definition) is 5. The highest BCUT2D eigenvalue weighted by Crippen LogP contribution is 2.65. The van der Waals surface area contributed by atoms with E-state index in [1.807, 2.05) is 46.8 Å². The van der Waals surface area contributed by atoms with Gasteiger partial charge in [-0.3, -0.25) is 14.4 Å². The van der Waals surface area contributed by atoms with Crippen molar-refractivity contribution in [3.05, 3.63) is 54.1 Å². The first-order chi connectivity index (χ1) is 20.5. The summed E-state index contributed by atoms with van der Waals surface area (Å²) in [6, 6.07) is 3.79. The first-order valence-corrected chi connectivity index (χ1v) is 16.1. The Bertz CT molecular complexity index is 1230. The van der Waals surface area contributed by atoms with Gasteiger partial charge < -0.3 is 24.5 Å². The Balaban J connectivity index is 1.93. The molecule has 8 nitrogen and oxygen atoms in total. The number of halogens is 1. The van der Waals surface area contributed by atoms with Crippen LogP contribution in [0.3, 0.4) is 0 Å². The monoisotopic (exact) mass is 613 g/mol. The number of aryl methyl sites for hydroxylation is 1. The van der Waals surface area contributed by atoms with Crippen LogP contribution in [0.1, 0.15) is 65.4 Å². The number of amides is 3. The van der Waals surface area contributed by atoms with Crippen LogP contribution in [-0.2, 0) is 19.1 Å². The van der Waals surface area contributed by atoms with Crippen LogP contribution in [0.25, 0.3) is 0 Å². The van der Waals surface area contributed by atoms with E-state index in [0.717, 1.165) is 12.0 Å². The molecule has 3 heterocycles.